The lowest BCUT2D eigenvalue weighted by Crippen LogP contribution is -2.25. The molecular weight excluding hydrogens is 258 g/mol. The fourth-order valence-electron chi connectivity index (χ4n) is 1.81. The molecule has 0 aliphatic rings. The molecule has 0 saturated carbocycles. The maximum atomic E-state index is 10.00. The van der Waals surface area contributed by atoms with Crippen LogP contribution in [0.1, 0.15) is 20.8 Å². The molecule has 7 heteroatoms. The van der Waals surface area contributed by atoms with Gasteiger partial charge in [0.05, 0.1) is 32.2 Å². The van der Waals surface area contributed by atoms with Gasteiger partial charge < -0.3 is 20.1 Å². The van der Waals surface area contributed by atoms with Gasteiger partial charge in [-0.15, -0.1) is 0 Å². The highest BCUT2D eigenvalue weighted by Gasteiger charge is 2.14. The number of anilines is 1. The van der Waals surface area contributed by atoms with Crippen LogP contribution in [0.15, 0.2) is 12.7 Å². The lowest BCUT2D eigenvalue weighted by molar-refractivity contribution is 0.000903. The summed E-state index contributed by atoms with van der Waals surface area (Å²) in [5.74, 6) is 0.340. The Hall–Kier alpha value is -1.73. The predicted molar refractivity (Wildman–Crippen MR) is 76.0 cm³/mol. The number of nitrogens with zero attached hydrogens (tertiary/aromatic N) is 4. The molecule has 20 heavy (non-hydrogen) atoms. The minimum absolute atomic E-state index is 0.0864. The minimum atomic E-state index is -0.620. The van der Waals surface area contributed by atoms with Gasteiger partial charge in [0, 0.05) is 0 Å². The topological polar surface area (TPSA) is 99.1 Å². The molecule has 2 aromatic heterocycles. The number of aromatic nitrogens is 4. The second-order valence-electron chi connectivity index (χ2n) is 6.06. The number of imidazole rings is 1. The Balaban J connectivity index is 1.96. The molecule has 0 saturated heterocycles. The molecule has 3 N–H and O–H groups in total. The molecule has 2 aromatic rings. The van der Waals surface area contributed by atoms with E-state index in [0.29, 0.717) is 30.1 Å². The van der Waals surface area contributed by atoms with Gasteiger partial charge in [-0.3, -0.25) is 0 Å². The number of fused-ring (bicyclic) bond motifs is 1. The molecule has 2 heterocycles. The quantitative estimate of drug-likeness (QED) is 0.841. The second-order valence-corrected chi connectivity index (χ2v) is 6.06. The van der Waals surface area contributed by atoms with Crippen molar-refractivity contribution in [3.05, 3.63) is 12.7 Å². The maximum Gasteiger partial charge on any atom is 0.165 e. The van der Waals surface area contributed by atoms with E-state index < -0.39 is 6.10 Å². The number of nitrogen functional groups attached to an aromatic ring is 1. The van der Waals surface area contributed by atoms with Crippen LogP contribution in [0.4, 0.5) is 5.82 Å². The van der Waals surface area contributed by atoms with Crippen LogP contribution in [-0.2, 0) is 11.3 Å². The first-order valence-electron chi connectivity index (χ1n) is 6.54. The van der Waals surface area contributed by atoms with Gasteiger partial charge in [-0.2, -0.15) is 0 Å². The van der Waals surface area contributed by atoms with Crippen LogP contribution < -0.4 is 5.73 Å². The van der Waals surface area contributed by atoms with Crippen LogP contribution in [0.3, 0.4) is 0 Å². The van der Waals surface area contributed by atoms with Crippen molar-refractivity contribution in [3.63, 3.8) is 0 Å². The molecule has 2 rings (SSSR count). The highest BCUT2D eigenvalue weighted by Crippen LogP contribution is 2.15. The number of aliphatic hydroxyl groups is 1. The maximum absolute atomic E-state index is 10.00. The highest BCUT2D eigenvalue weighted by atomic mass is 16.5. The molecule has 0 amide bonds. The third kappa shape index (κ3) is 3.64. The number of aliphatic hydroxyl groups excluding tert-OH is 1. The Labute approximate surface area is 117 Å². The first kappa shape index (κ1) is 14.7. The Morgan fingerprint density at radius 2 is 2.10 bits per heavy atom. The van der Waals surface area contributed by atoms with E-state index in [2.05, 4.69) is 35.7 Å². The Morgan fingerprint density at radius 1 is 1.35 bits per heavy atom. The summed E-state index contributed by atoms with van der Waals surface area (Å²) in [6.07, 6.45) is 2.37. The van der Waals surface area contributed by atoms with Crippen molar-refractivity contribution in [2.75, 3.05) is 18.9 Å². The average Bonchev–Trinajstić information content (AvgIpc) is 2.72. The van der Waals surface area contributed by atoms with Crippen molar-refractivity contribution < 1.29 is 9.84 Å². The fourth-order valence-corrected chi connectivity index (χ4v) is 1.81. The van der Waals surface area contributed by atoms with Crippen LogP contribution in [0.2, 0.25) is 0 Å². The lowest BCUT2D eigenvalue weighted by Gasteiger charge is -2.19. The van der Waals surface area contributed by atoms with Gasteiger partial charge in [-0.05, 0) is 5.41 Å². The molecule has 0 unspecified atom stereocenters. The normalized spacial score (nSPS) is 13.8. The molecule has 110 valence electrons. The summed E-state index contributed by atoms with van der Waals surface area (Å²) in [6, 6.07) is 0. The van der Waals surface area contributed by atoms with E-state index in [1.807, 2.05) is 0 Å². The number of hydrogen-bond acceptors (Lipinski definition) is 6. The number of nitrogens with two attached hydrogens (primary N) is 1. The zero-order chi connectivity index (χ0) is 14.8. The van der Waals surface area contributed by atoms with E-state index in [0.717, 1.165) is 0 Å². The molecule has 0 aromatic carbocycles. The summed E-state index contributed by atoms with van der Waals surface area (Å²) in [4.78, 5) is 12.2. The Bertz CT molecular complexity index is 576. The Kier molecular flexibility index (Phi) is 4.20. The van der Waals surface area contributed by atoms with Gasteiger partial charge in [-0.1, -0.05) is 20.8 Å². The molecule has 0 aliphatic carbocycles. The van der Waals surface area contributed by atoms with Gasteiger partial charge in [0.15, 0.2) is 11.5 Å². The van der Waals surface area contributed by atoms with Gasteiger partial charge in [0.1, 0.15) is 11.8 Å². The average molecular weight is 279 g/mol. The first-order valence-corrected chi connectivity index (χ1v) is 6.54. The molecule has 0 aliphatic heterocycles. The molecule has 7 nitrogen and oxygen atoms in total. The third-order valence-corrected chi connectivity index (χ3v) is 2.68. The molecule has 0 radical (unpaired) electrons. The van der Waals surface area contributed by atoms with E-state index in [1.54, 1.807) is 10.9 Å². The smallest absolute Gasteiger partial charge is 0.165 e. The number of rotatable bonds is 5. The summed E-state index contributed by atoms with van der Waals surface area (Å²) in [5.41, 5.74) is 6.97. The summed E-state index contributed by atoms with van der Waals surface area (Å²) < 4.78 is 7.25. The number of hydrogen-bond donors (Lipinski definition) is 2. The minimum Gasteiger partial charge on any atom is -0.389 e. The van der Waals surface area contributed by atoms with E-state index >= 15 is 0 Å². The fraction of sp³-hybridized carbons (Fsp3) is 0.615. The van der Waals surface area contributed by atoms with Crippen LogP contribution >= 0.6 is 0 Å². The summed E-state index contributed by atoms with van der Waals surface area (Å²) >= 11 is 0. The molecule has 0 spiro atoms. The molecule has 1 atom stereocenters. The van der Waals surface area contributed by atoms with E-state index in [1.165, 1.54) is 6.33 Å². The van der Waals surface area contributed by atoms with Crippen LogP contribution in [0.5, 0.6) is 0 Å². The zero-order valence-corrected chi connectivity index (χ0v) is 12.1. The van der Waals surface area contributed by atoms with Gasteiger partial charge >= 0.3 is 0 Å². The van der Waals surface area contributed by atoms with Crippen LogP contribution in [0.25, 0.3) is 11.2 Å². The summed E-state index contributed by atoms with van der Waals surface area (Å²) in [6.45, 7) is 7.49. The lowest BCUT2D eigenvalue weighted by atomic mass is 9.99. The zero-order valence-electron chi connectivity index (χ0n) is 12.1. The molecule has 0 fully saturated rings. The van der Waals surface area contributed by atoms with Crippen LogP contribution in [0, 0.1) is 5.41 Å². The predicted octanol–water partition coefficient (Wildman–Crippen LogP) is 0.832. The van der Waals surface area contributed by atoms with E-state index in [9.17, 15) is 5.11 Å². The van der Waals surface area contributed by atoms with Crippen molar-refractivity contribution >= 4 is 17.0 Å². The van der Waals surface area contributed by atoms with Crippen molar-refractivity contribution in [1.29, 1.82) is 0 Å². The number of ether oxygens (including phenoxy) is 1. The van der Waals surface area contributed by atoms with Gasteiger partial charge in [0.2, 0.25) is 0 Å². The highest BCUT2D eigenvalue weighted by molar-refractivity contribution is 5.81. The summed E-state index contributed by atoms with van der Waals surface area (Å²) in [7, 11) is 0. The van der Waals surface area contributed by atoms with Crippen molar-refractivity contribution in [3.8, 4) is 0 Å². The first-order chi connectivity index (χ1) is 9.37. The monoisotopic (exact) mass is 279 g/mol. The van der Waals surface area contributed by atoms with Crippen molar-refractivity contribution in [2.24, 2.45) is 5.41 Å². The second kappa shape index (κ2) is 5.72. The van der Waals surface area contributed by atoms with Crippen LogP contribution in [-0.4, -0.2) is 43.9 Å². The van der Waals surface area contributed by atoms with E-state index in [4.69, 9.17) is 10.5 Å². The van der Waals surface area contributed by atoms with Crippen molar-refractivity contribution in [2.45, 2.75) is 33.4 Å². The van der Waals surface area contributed by atoms with Gasteiger partial charge in [0.25, 0.3) is 0 Å². The third-order valence-electron chi connectivity index (χ3n) is 2.68. The van der Waals surface area contributed by atoms with Crippen molar-refractivity contribution in [1.82, 2.24) is 19.5 Å². The largest absolute Gasteiger partial charge is 0.389 e. The standard InChI is InChI=1S/C13H21N5O2/c1-13(2,3)6-20-5-9(19)4-18-8-17-10-11(14)15-7-16-12(10)18/h7-9,19H,4-6H2,1-3H3,(H2,14,15,16)/t9-/m0/s1. The molecular formula is C13H21N5O2. The van der Waals surface area contributed by atoms with Gasteiger partial charge in [-0.25, -0.2) is 15.0 Å². The van der Waals surface area contributed by atoms with E-state index in [-0.39, 0.29) is 12.0 Å². The SMILES string of the molecule is CC(C)(C)COC[C@@H](O)Cn1cnc2c(N)ncnc21. The summed E-state index contributed by atoms with van der Waals surface area (Å²) in [5, 5.41) is 10.00. The molecule has 0 bridgehead atoms. The Morgan fingerprint density at radius 3 is 2.80 bits per heavy atom.